The van der Waals surface area contributed by atoms with Crippen LogP contribution in [0.25, 0.3) is 0 Å². The summed E-state index contributed by atoms with van der Waals surface area (Å²) in [4.78, 5) is 15.7. The van der Waals surface area contributed by atoms with E-state index in [0.29, 0.717) is 19.8 Å². The Kier molecular flexibility index (Phi) is 5.82. The van der Waals surface area contributed by atoms with Gasteiger partial charge in [0, 0.05) is 24.1 Å². The van der Waals surface area contributed by atoms with E-state index in [1.807, 2.05) is 22.4 Å². The third-order valence-electron chi connectivity index (χ3n) is 4.05. The van der Waals surface area contributed by atoms with E-state index in [4.69, 9.17) is 9.47 Å². The zero-order chi connectivity index (χ0) is 16.8. The topological polar surface area (TPSA) is 38.8 Å². The van der Waals surface area contributed by atoms with Crippen molar-refractivity contribution in [3.63, 3.8) is 0 Å². The third kappa shape index (κ3) is 4.33. The third-order valence-corrected chi connectivity index (χ3v) is 4.91. The number of ether oxygens (including phenoxy) is 2. The maximum Gasteiger partial charge on any atom is 0.261 e. The lowest BCUT2D eigenvalue weighted by Gasteiger charge is -2.34. The second kappa shape index (κ2) is 8.26. The molecular formula is C18H20FNO3S. The molecule has 2 aromatic rings. The molecule has 1 amide bonds. The summed E-state index contributed by atoms with van der Waals surface area (Å²) < 4.78 is 24.4. The highest BCUT2D eigenvalue weighted by Crippen LogP contribution is 2.21. The van der Waals surface area contributed by atoms with E-state index < -0.39 is 5.82 Å². The van der Waals surface area contributed by atoms with Crippen molar-refractivity contribution in [2.45, 2.75) is 25.4 Å². The average Bonchev–Trinajstić information content (AvgIpc) is 3.13. The Bertz CT molecular complexity index is 656. The van der Waals surface area contributed by atoms with E-state index in [1.165, 1.54) is 12.1 Å². The molecule has 2 heterocycles. The Balaban J connectivity index is 1.66. The molecule has 1 aromatic carbocycles. The van der Waals surface area contributed by atoms with Gasteiger partial charge in [-0.15, -0.1) is 11.3 Å². The van der Waals surface area contributed by atoms with E-state index >= 15 is 0 Å². The van der Waals surface area contributed by atoms with Gasteiger partial charge >= 0.3 is 0 Å². The summed E-state index contributed by atoms with van der Waals surface area (Å²) in [5, 5.41) is 2.00. The first-order chi connectivity index (χ1) is 11.7. The molecule has 3 rings (SSSR count). The minimum absolute atomic E-state index is 0.105. The average molecular weight is 349 g/mol. The van der Waals surface area contributed by atoms with Gasteiger partial charge in [0.15, 0.2) is 18.2 Å². The van der Waals surface area contributed by atoms with Gasteiger partial charge in [0.1, 0.15) is 0 Å². The van der Waals surface area contributed by atoms with Crippen LogP contribution in [-0.4, -0.2) is 36.7 Å². The lowest BCUT2D eigenvalue weighted by atomic mass is 10.1. The van der Waals surface area contributed by atoms with Gasteiger partial charge in [-0.1, -0.05) is 18.2 Å². The van der Waals surface area contributed by atoms with Crippen molar-refractivity contribution in [2.75, 3.05) is 19.8 Å². The molecule has 1 fully saturated rings. The second-order valence-corrected chi connectivity index (χ2v) is 6.70. The number of carbonyl (C=O) groups is 1. The van der Waals surface area contributed by atoms with Crippen molar-refractivity contribution in [3.8, 4) is 5.75 Å². The maximum atomic E-state index is 13.6. The molecule has 1 aliphatic heterocycles. The van der Waals surface area contributed by atoms with Crippen molar-refractivity contribution in [1.29, 1.82) is 0 Å². The lowest BCUT2D eigenvalue weighted by Crippen LogP contribution is -2.44. The Morgan fingerprint density at radius 2 is 2.04 bits per heavy atom. The number of para-hydroxylation sites is 1. The van der Waals surface area contributed by atoms with Crippen LogP contribution in [0.15, 0.2) is 41.8 Å². The van der Waals surface area contributed by atoms with E-state index in [9.17, 15) is 9.18 Å². The molecule has 0 unspecified atom stereocenters. The zero-order valence-electron chi connectivity index (χ0n) is 13.3. The van der Waals surface area contributed by atoms with E-state index in [0.717, 1.165) is 17.7 Å². The van der Waals surface area contributed by atoms with Gasteiger partial charge in [-0.2, -0.15) is 0 Å². The number of hydrogen-bond donors (Lipinski definition) is 0. The SMILES string of the molecule is O=C(COc1ccccc1F)N(Cc1cccs1)C1CCOCC1. The maximum absolute atomic E-state index is 13.6. The number of benzene rings is 1. The van der Waals surface area contributed by atoms with Crippen LogP contribution in [0.2, 0.25) is 0 Å². The summed E-state index contributed by atoms with van der Waals surface area (Å²) in [7, 11) is 0. The fourth-order valence-corrected chi connectivity index (χ4v) is 3.48. The molecule has 0 bridgehead atoms. The number of rotatable bonds is 6. The van der Waals surface area contributed by atoms with Crippen LogP contribution in [-0.2, 0) is 16.1 Å². The molecular weight excluding hydrogens is 329 g/mol. The molecule has 4 nitrogen and oxygen atoms in total. The van der Waals surface area contributed by atoms with E-state index in [1.54, 1.807) is 23.5 Å². The van der Waals surface area contributed by atoms with Crippen LogP contribution in [0.1, 0.15) is 17.7 Å². The van der Waals surface area contributed by atoms with Crippen molar-refractivity contribution in [2.24, 2.45) is 0 Å². The Hall–Kier alpha value is -1.92. The summed E-state index contributed by atoms with van der Waals surface area (Å²) >= 11 is 1.62. The number of halogens is 1. The summed E-state index contributed by atoms with van der Waals surface area (Å²) in [6.07, 6.45) is 1.63. The molecule has 1 aliphatic rings. The molecule has 128 valence electrons. The largest absolute Gasteiger partial charge is 0.481 e. The van der Waals surface area contributed by atoms with Gasteiger partial charge < -0.3 is 14.4 Å². The number of thiophene rings is 1. The molecule has 1 saturated heterocycles. The summed E-state index contributed by atoms with van der Waals surface area (Å²) in [6.45, 7) is 1.71. The fourth-order valence-electron chi connectivity index (χ4n) is 2.77. The predicted molar refractivity (Wildman–Crippen MR) is 90.6 cm³/mol. The minimum Gasteiger partial charge on any atom is -0.481 e. The van der Waals surface area contributed by atoms with Crippen molar-refractivity contribution in [3.05, 3.63) is 52.5 Å². The number of amides is 1. The number of carbonyl (C=O) groups excluding carboxylic acids is 1. The zero-order valence-corrected chi connectivity index (χ0v) is 14.1. The highest BCUT2D eigenvalue weighted by atomic mass is 32.1. The normalized spacial score (nSPS) is 15.2. The van der Waals surface area contributed by atoms with E-state index in [-0.39, 0.29) is 24.3 Å². The van der Waals surface area contributed by atoms with Gasteiger partial charge in [-0.3, -0.25) is 4.79 Å². The van der Waals surface area contributed by atoms with Crippen LogP contribution in [0.4, 0.5) is 4.39 Å². The van der Waals surface area contributed by atoms with Gasteiger partial charge in [-0.25, -0.2) is 4.39 Å². The quantitative estimate of drug-likeness (QED) is 0.801. The Labute approximate surface area is 144 Å². The lowest BCUT2D eigenvalue weighted by molar-refractivity contribution is -0.138. The van der Waals surface area contributed by atoms with Gasteiger partial charge in [-0.05, 0) is 36.4 Å². The van der Waals surface area contributed by atoms with Crippen LogP contribution in [0.3, 0.4) is 0 Å². The molecule has 0 radical (unpaired) electrons. The minimum atomic E-state index is -0.457. The standard InChI is InChI=1S/C18H20FNO3S/c19-16-5-1-2-6-17(16)23-13-18(21)20(12-15-4-3-11-24-15)14-7-9-22-10-8-14/h1-6,11,14H,7-10,12-13H2. The molecule has 1 aromatic heterocycles. The van der Waals surface area contributed by atoms with Crippen molar-refractivity contribution < 1.29 is 18.7 Å². The first-order valence-corrected chi connectivity index (χ1v) is 8.89. The van der Waals surface area contributed by atoms with Gasteiger partial charge in [0.2, 0.25) is 0 Å². The van der Waals surface area contributed by atoms with Crippen LogP contribution in [0.5, 0.6) is 5.75 Å². The van der Waals surface area contributed by atoms with Crippen molar-refractivity contribution in [1.82, 2.24) is 4.90 Å². The number of nitrogens with zero attached hydrogens (tertiary/aromatic N) is 1. The molecule has 0 saturated carbocycles. The Morgan fingerprint density at radius 3 is 2.75 bits per heavy atom. The van der Waals surface area contributed by atoms with Crippen LogP contribution in [0, 0.1) is 5.82 Å². The van der Waals surface area contributed by atoms with Gasteiger partial charge in [0.25, 0.3) is 5.91 Å². The predicted octanol–water partition coefficient (Wildman–Crippen LogP) is 3.47. The highest BCUT2D eigenvalue weighted by molar-refractivity contribution is 7.09. The van der Waals surface area contributed by atoms with Crippen LogP contribution < -0.4 is 4.74 Å². The molecule has 24 heavy (non-hydrogen) atoms. The Morgan fingerprint density at radius 1 is 1.25 bits per heavy atom. The molecule has 6 heteroatoms. The van der Waals surface area contributed by atoms with E-state index in [2.05, 4.69) is 0 Å². The summed E-state index contributed by atoms with van der Waals surface area (Å²) in [5.74, 6) is -0.478. The highest BCUT2D eigenvalue weighted by Gasteiger charge is 2.26. The smallest absolute Gasteiger partial charge is 0.261 e. The van der Waals surface area contributed by atoms with Crippen LogP contribution >= 0.6 is 11.3 Å². The summed E-state index contributed by atoms with van der Waals surface area (Å²) in [5.41, 5.74) is 0. The van der Waals surface area contributed by atoms with Crippen molar-refractivity contribution >= 4 is 17.2 Å². The second-order valence-electron chi connectivity index (χ2n) is 5.66. The summed E-state index contributed by atoms with van der Waals surface area (Å²) in [6, 6.07) is 10.3. The van der Waals surface area contributed by atoms with Gasteiger partial charge in [0.05, 0.1) is 6.54 Å². The fraction of sp³-hybridized carbons (Fsp3) is 0.389. The first-order valence-electron chi connectivity index (χ1n) is 8.01. The molecule has 0 aliphatic carbocycles. The number of hydrogen-bond acceptors (Lipinski definition) is 4. The monoisotopic (exact) mass is 349 g/mol. The molecule has 0 spiro atoms. The molecule has 0 N–H and O–H groups in total. The molecule has 0 atom stereocenters. The first kappa shape index (κ1) is 16.9.